The van der Waals surface area contributed by atoms with Crippen LogP contribution in [0.1, 0.15) is 57.1 Å². The van der Waals surface area contributed by atoms with Gasteiger partial charge < -0.3 is 10.2 Å². The number of likely N-dealkylation sites (tertiary alicyclic amines) is 1. The summed E-state index contributed by atoms with van der Waals surface area (Å²) in [5, 5.41) is 3.14. The van der Waals surface area contributed by atoms with Crippen molar-refractivity contribution in [3.05, 3.63) is 29.3 Å². The molecule has 1 N–H and O–H groups in total. The van der Waals surface area contributed by atoms with Crippen LogP contribution < -0.4 is 5.32 Å². The number of para-hydroxylation sites is 1. The molecule has 1 aromatic rings. The number of aryl methyl sites for hydroxylation is 2. The Balaban J connectivity index is 1.71. The Bertz CT molecular complexity index is 598. The lowest BCUT2D eigenvalue weighted by Gasteiger charge is -2.24. The van der Waals surface area contributed by atoms with E-state index in [1.807, 2.05) is 11.0 Å². The molecule has 0 bridgehead atoms. The van der Waals surface area contributed by atoms with Crippen molar-refractivity contribution in [1.29, 1.82) is 0 Å². The Hall–Kier alpha value is -1.84. The van der Waals surface area contributed by atoms with Crippen LogP contribution in [0.4, 0.5) is 5.69 Å². The number of carbonyl (C=O) groups excluding carboxylic acids is 2. The van der Waals surface area contributed by atoms with Gasteiger partial charge in [-0.25, -0.2) is 0 Å². The molecule has 4 heteroatoms. The molecular formula is C20H28N2O2. The van der Waals surface area contributed by atoms with E-state index < -0.39 is 0 Å². The largest absolute Gasteiger partial charge is 0.339 e. The molecule has 0 spiro atoms. The Morgan fingerprint density at radius 1 is 1.17 bits per heavy atom. The lowest BCUT2D eigenvalue weighted by atomic mass is 10.0. The maximum absolute atomic E-state index is 12.8. The number of benzene rings is 1. The second-order valence-corrected chi connectivity index (χ2v) is 7.03. The third-order valence-corrected chi connectivity index (χ3v) is 5.54. The molecule has 2 aliphatic rings. The summed E-state index contributed by atoms with van der Waals surface area (Å²) < 4.78 is 0. The Labute approximate surface area is 144 Å². The van der Waals surface area contributed by atoms with Crippen LogP contribution in [0.5, 0.6) is 0 Å². The smallest absolute Gasteiger partial charge is 0.229 e. The molecule has 3 rings (SSSR count). The first-order valence-electron chi connectivity index (χ1n) is 9.35. The van der Waals surface area contributed by atoms with Gasteiger partial charge in [-0.05, 0) is 36.8 Å². The van der Waals surface area contributed by atoms with Gasteiger partial charge in [0.2, 0.25) is 11.8 Å². The number of carbonyl (C=O) groups is 2. The third kappa shape index (κ3) is 3.33. The summed E-state index contributed by atoms with van der Waals surface area (Å²) in [6.45, 7) is 4.79. The molecule has 24 heavy (non-hydrogen) atoms. The Kier molecular flexibility index (Phi) is 5.22. The molecule has 2 amide bonds. The number of hydrogen-bond donors (Lipinski definition) is 1. The summed E-state index contributed by atoms with van der Waals surface area (Å²) in [5.74, 6) is -0.0614. The molecule has 2 fully saturated rings. The highest BCUT2D eigenvalue weighted by atomic mass is 16.2. The normalized spacial score (nSPS) is 21.5. The molecule has 1 unspecified atom stereocenters. The second kappa shape index (κ2) is 7.37. The highest BCUT2D eigenvalue weighted by Gasteiger charge is 2.38. The monoisotopic (exact) mass is 328 g/mol. The van der Waals surface area contributed by atoms with E-state index in [1.54, 1.807) is 0 Å². The first-order valence-corrected chi connectivity index (χ1v) is 9.35. The van der Waals surface area contributed by atoms with Crippen molar-refractivity contribution in [3.8, 4) is 0 Å². The average Bonchev–Trinajstić information content (AvgIpc) is 3.24. The predicted molar refractivity (Wildman–Crippen MR) is 95.9 cm³/mol. The Morgan fingerprint density at radius 3 is 2.38 bits per heavy atom. The minimum Gasteiger partial charge on any atom is -0.339 e. The standard InChI is InChI=1S/C20H28N2O2/c1-3-14-8-7-9-15(4-2)19(14)21-20(24)16-12-18(23)22(13-16)17-10-5-6-11-17/h7-9,16-17H,3-6,10-13H2,1-2H3,(H,21,24). The van der Waals surface area contributed by atoms with Gasteiger partial charge in [0.1, 0.15) is 0 Å². The highest BCUT2D eigenvalue weighted by molar-refractivity contribution is 5.98. The molecule has 1 aliphatic carbocycles. The fourth-order valence-electron chi connectivity index (χ4n) is 4.10. The van der Waals surface area contributed by atoms with Crippen molar-refractivity contribution in [1.82, 2.24) is 4.90 Å². The van der Waals surface area contributed by atoms with Crippen LogP contribution in [0, 0.1) is 5.92 Å². The summed E-state index contributed by atoms with van der Waals surface area (Å²) in [5.41, 5.74) is 3.29. The summed E-state index contributed by atoms with van der Waals surface area (Å²) in [6.07, 6.45) is 6.74. The molecule has 130 valence electrons. The van der Waals surface area contributed by atoms with Crippen molar-refractivity contribution >= 4 is 17.5 Å². The predicted octanol–water partition coefficient (Wildman–Crippen LogP) is 3.54. The molecule has 1 saturated heterocycles. The topological polar surface area (TPSA) is 49.4 Å². The van der Waals surface area contributed by atoms with Crippen molar-refractivity contribution in [2.24, 2.45) is 5.92 Å². The van der Waals surface area contributed by atoms with E-state index >= 15 is 0 Å². The highest BCUT2D eigenvalue weighted by Crippen LogP contribution is 2.31. The lowest BCUT2D eigenvalue weighted by molar-refractivity contribution is -0.129. The second-order valence-electron chi connectivity index (χ2n) is 7.03. The fraction of sp³-hybridized carbons (Fsp3) is 0.600. The number of nitrogens with one attached hydrogen (secondary N) is 1. The minimum atomic E-state index is -0.215. The first-order chi connectivity index (χ1) is 11.6. The van der Waals surface area contributed by atoms with Crippen LogP contribution in [0.25, 0.3) is 0 Å². The van der Waals surface area contributed by atoms with Crippen LogP contribution in [0.15, 0.2) is 18.2 Å². The van der Waals surface area contributed by atoms with Gasteiger partial charge in [0.05, 0.1) is 5.92 Å². The quantitative estimate of drug-likeness (QED) is 0.899. The molecule has 4 nitrogen and oxygen atoms in total. The number of anilines is 1. The van der Waals surface area contributed by atoms with Gasteiger partial charge in [-0.2, -0.15) is 0 Å². The van der Waals surface area contributed by atoms with Crippen LogP contribution in [0.2, 0.25) is 0 Å². The minimum absolute atomic E-state index is 0.000512. The maximum Gasteiger partial charge on any atom is 0.229 e. The lowest BCUT2D eigenvalue weighted by Crippen LogP contribution is -2.35. The zero-order valence-electron chi connectivity index (χ0n) is 14.8. The molecule has 1 atom stereocenters. The van der Waals surface area contributed by atoms with Gasteiger partial charge in [-0.15, -0.1) is 0 Å². The van der Waals surface area contributed by atoms with Crippen LogP contribution in [-0.2, 0) is 22.4 Å². The van der Waals surface area contributed by atoms with Crippen molar-refractivity contribution in [2.75, 3.05) is 11.9 Å². The SMILES string of the molecule is CCc1cccc(CC)c1NC(=O)C1CC(=O)N(C2CCCC2)C1. The van der Waals surface area contributed by atoms with Crippen molar-refractivity contribution in [3.63, 3.8) is 0 Å². The van der Waals surface area contributed by atoms with E-state index in [4.69, 9.17) is 0 Å². The van der Waals surface area contributed by atoms with E-state index in [2.05, 4.69) is 31.3 Å². The van der Waals surface area contributed by atoms with Crippen LogP contribution >= 0.6 is 0 Å². The van der Waals surface area contributed by atoms with Gasteiger partial charge in [-0.1, -0.05) is 44.9 Å². The average molecular weight is 328 g/mol. The molecule has 1 heterocycles. The Morgan fingerprint density at radius 2 is 1.79 bits per heavy atom. The van der Waals surface area contributed by atoms with E-state index in [-0.39, 0.29) is 17.7 Å². The van der Waals surface area contributed by atoms with Gasteiger partial charge in [-0.3, -0.25) is 9.59 Å². The first kappa shape index (κ1) is 17.0. The van der Waals surface area contributed by atoms with Crippen LogP contribution in [-0.4, -0.2) is 29.3 Å². The summed E-state index contributed by atoms with van der Waals surface area (Å²) >= 11 is 0. The number of hydrogen-bond acceptors (Lipinski definition) is 2. The van der Waals surface area contributed by atoms with Gasteiger partial charge in [0.15, 0.2) is 0 Å². The zero-order valence-corrected chi connectivity index (χ0v) is 14.8. The van der Waals surface area contributed by atoms with Gasteiger partial charge >= 0.3 is 0 Å². The summed E-state index contributed by atoms with van der Waals surface area (Å²) in [6, 6.07) is 6.55. The van der Waals surface area contributed by atoms with Crippen molar-refractivity contribution < 1.29 is 9.59 Å². The molecule has 1 saturated carbocycles. The number of amides is 2. The maximum atomic E-state index is 12.8. The molecule has 0 radical (unpaired) electrons. The van der Waals surface area contributed by atoms with Gasteiger partial charge in [0, 0.05) is 24.7 Å². The number of nitrogens with zero attached hydrogens (tertiary/aromatic N) is 1. The fourth-order valence-corrected chi connectivity index (χ4v) is 4.10. The summed E-state index contributed by atoms with van der Waals surface area (Å²) in [7, 11) is 0. The van der Waals surface area contributed by atoms with Gasteiger partial charge in [0.25, 0.3) is 0 Å². The molecule has 0 aromatic heterocycles. The van der Waals surface area contributed by atoms with E-state index in [1.165, 1.54) is 24.0 Å². The van der Waals surface area contributed by atoms with Crippen molar-refractivity contribution in [2.45, 2.75) is 64.8 Å². The number of rotatable bonds is 5. The van der Waals surface area contributed by atoms with E-state index in [0.717, 1.165) is 31.4 Å². The zero-order chi connectivity index (χ0) is 17.1. The molecule has 1 aromatic carbocycles. The summed E-state index contributed by atoms with van der Waals surface area (Å²) in [4.78, 5) is 27.0. The van der Waals surface area contributed by atoms with Crippen LogP contribution in [0.3, 0.4) is 0 Å². The third-order valence-electron chi connectivity index (χ3n) is 5.54. The van der Waals surface area contributed by atoms with E-state index in [9.17, 15) is 9.59 Å². The molecular weight excluding hydrogens is 300 g/mol. The van der Waals surface area contributed by atoms with E-state index in [0.29, 0.717) is 19.0 Å². The molecule has 1 aliphatic heterocycles.